The van der Waals surface area contributed by atoms with Crippen molar-refractivity contribution in [3.63, 3.8) is 0 Å². The van der Waals surface area contributed by atoms with E-state index in [1.807, 2.05) is 0 Å². The van der Waals surface area contributed by atoms with Crippen LogP contribution in [-0.4, -0.2) is 22.6 Å². The van der Waals surface area contributed by atoms with Gasteiger partial charge in [-0.05, 0) is 30.7 Å². The number of amidine groups is 1. The lowest BCUT2D eigenvalue weighted by molar-refractivity contribution is -0.384. The number of nitrogens with zero attached hydrogens (tertiary/aromatic N) is 3. The van der Waals surface area contributed by atoms with E-state index < -0.39 is 10.8 Å². The first-order chi connectivity index (χ1) is 12.8. The molecule has 1 aliphatic rings. The van der Waals surface area contributed by atoms with E-state index >= 15 is 0 Å². The van der Waals surface area contributed by atoms with Crippen LogP contribution in [-0.2, 0) is 4.79 Å². The van der Waals surface area contributed by atoms with E-state index in [-0.39, 0.29) is 29.4 Å². The summed E-state index contributed by atoms with van der Waals surface area (Å²) in [5, 5.41) is 19.3. The lowest BCUT2D eigenvalue weighted by atomic mass is 10.2. The summed E-state index contributed by atoms with van der Waals surface area (Å²) in [6, 6.07) is 8.42. The molecule has 0 bridgehead atoms. The highest BCUT2D eigenvalue weighted by atomic mass is 35.5. The number of nitro benzene ring substituents is 1. The number of hydrazone groups is 1. The number of hydrogen-bond donors (Lipinski definition) is 1. The molecule has 0 aliphatic carbocycles. The minimum atomic E-state index is -0.599. The minimum absolute atomic E-state index is 0.0866. The average Bonchev–Trinajstić information content (AvgIpc) is 3.00. The number of carbonyl (C=O) groups is 2. The number of nitrogens with one attached hydrogen (secondary N) is 1. The van der Waals surface area contributed by atoms with Crippen LogP contribution in [0.2, 0.25) is 10.0 Å². The smallest absolute Gasteiger partial charge is 0.270 e. The van der Waals surface area contributed by atoms with Gasteiger partial charge in [-0.1, -0.05) is 29.3 Å². The van der Waals surface area contributed by atoms with Gasteiger partial charge in [-0.2, -0.15) is 10.1 Å². The fourth-order valence-electron chi connectivity index (χ4n) is 2.52. The van der Waals surface area contributed by atoms with E-state index in [4.69, 9.17) is 23.2 Å². The van der Waals surface area contributed by atoms with E-state index in [1.165, 1.54) is 18.2 Å². The second-order valence-corrected chi connectivity index (χ2v) is 6.48. The van der Waals surface area contributed by atoms with Gasteiger partial charge in [0.1, 0.15) is 5.84 Å². The van der Waals surface area contributed by atoms with Crippen LogP contribution in [0.1, 0.15) is 22.3 Å². The number of amides is 2. The van der Waals surface area contributed by atoms with E-state index in [9.17, 15) is 19.7 Å². The van der Waals surface area contributed by atoms with Crippen molar-refractivity contribution >= 4 is 52.2 Å². The molecular formula is C17H12Cl2N4O4. The van der Waals surface area contributed by atoms with Crippen molar-refractivity contribution in [3.8, 4) is 0 Å². The molecule has 0 saturated carbocycles. The predicted octanol–water partition coefficient (Wildman–Crippen LogP) is 3.69. The topological polar surface area (TPSA) is 105 Å². The molecule has 0 atom stereocenters. The number of benzene rings is 2. The predicted molar refractivity (Wildman–Crippen MR) is 101 cm³/mol. The second kappa shape index (κ2) is 7.34. The first-order valence-electron chi connectivity index (χ1n) is 7.68. The molecule has 27 heavy (non-hydrogen) atoms. The summed E-state index contributed by atoms with van der Waals surface area (Å²) >= 11 is 12.1. The van der Waals surface area contributed by atoms with Crippen molar-refractivity contribution in [1.82, 2.24) is 5.32 Å². The molecule has 1 N–H and O–H groups in total. The maximum Gasteiger partial charge on any atom is 0.270 e. The van der Waals surface area contributed by atoms with Gasteiger partial charge in [0, 0.05) is 17.7 Å². The SMILES string of the molecule is Cc1c(N2N=C(NC(=O)c3cccc([N+](=O)[O-])c3)CC2=O)ccc(Cl)c1Cl. The third-order valence-corrected chi connectivity index (χ3v) is 4.79. The normalized spacial score (nSPS) is 13.5. The molecule has 3 rings (SSSR count). The zero-order chi connectivity index (χ0) is 19.7. The van der Waals surface area contributed by atoms with Gasteiger partial charge < -0.3 is 5.32 Å². The van der Waals surface area contributed by atoms with Crippen LogP contribution in [0.5, 0.6) is 0 Å². The Morgan fingerprint density at radius 2 is 2.04 bits per heavy atom. The van der Waals surface area contributed by atoms with Crippen LogP contribution in [0.3, 0.4) is 0 Å². The molecule has 2 amide bonds. The van der Waals surface area contributed by atoms with Crippen LogP contribution in [0.4, 0.5) is 11.4 Å². The van der Waals surface area contributed by atoms with Gasteiger partial charge in [0.2, 0.25) is 0 Å². The number of halogens is 2. The summed E-state index contributed by atoms with van der Waals surface area (Å²) in [6.07, 6.45) is -0.125. The molecular weight excluding hydrogens is 395 g/mol. The van der Waals surface area contributed by atoms with Crippen LogP contribution in [0.15, 0.2) is 41.5 Å². The summed E-state index contributed by atoms with van der Waals surface area (Å²) in [4.78, 5) is 34.8. The van der Waals surface area contributed by atoms with E-state index in [1.54, 1.807) is 19.1 Å². The van der Waals surface area contributed by atoms with E-state index in [0.29, 0.717) is 21.3 Å². The van der Waals surface area contributed by atoms with Gasteiger partial charge in [0.05, 0.1) is 27.1 Å². The molecule has 1 heterocycles. The maximum absolute atomic E-state index is 12.3. The monoisotopic (exact) mass is 406 g/mol. The standard InChI is InChI=1S/C17H12Cl2N4O4/c1-9-13(6-5-12(18)16(9)19)22-15(24)8-14(21-22)20-17(25)10-3-2-4-11(7-10)23(26)27/h2-7H,8H2,1H3,(H,20,21,25). The molecule has 0 spiro atoms. The fourth-order valence-corrected chi connectivity index (χ4v) is 2.89. The van der Waals surface area contributed by atoms with E-state index in [0.717, 1.165) is 11.1 Å². The highest BCUT2D eigenvalue weighted by Crippen LogP contribution is 2.34. The molecule has 0 radical (unpaired) electrons. The van der Waals surface area contributed by atoms with Crippen LogP contribution < -0.4 is 10.3 Å². The van der Waals surface area contributed by atoms with Crippen LogP contribution in [0, 0.1) is 17.0 Å². The molecule has 138 valence electrons. The van der Waals surface area contributed by atoms with Crippen molar-refractivity contribution in [3.05, 3.63) is 67.7 Å². The lowest BCUT2D eigenvalue weighted by Crippen LogP contribution is -2.29. The minimum Gasteiger partial charge on any atom is -0.308 e. The van der Waals surface area contributed by atoms with Crippen molar-refractivity contribution in [2.75, 3.05) is 5.01 Å². The summed E-state index contributed by atoms with van der Waals surface area (Å²) in [5.41, 5.74) is 0.908. The molecule has 0 aromatic heterocycles. The Morgan fingerprint density at radius 1 is 1.30 bits per heavy atom. The zero-order valence-corrected chi connectivity index (χ0v) is 15.4. The number of rotatable bonds is 3. The molecule has 10 heteroatoms. The Bertz CT molecular complexity index is 1010. The Balaban J connectivity index is 1.83. The second-order valence-electron chi connectivity index (χ2n) is 5.70. The first-order valence-corrected chi connectivity index (χ1v) is 8.44. The van der Waals surface area contributed by atoms with Crippen molar-refractivity contribution in [2.24, 2.45) is 5.10 Å². The molecule has 0 unspecified atom stereocenters. The highest BCUT2D eigenvalue weighted by molar-refractivity contribution is 6.42. The van der Waals surface area contributed by atoms with Crippen molar-refractivity contribution < 1.29 is 14.5 Å². The molecule has 1 aliphatic heterocycles. The van der Waals surface area contributed by atoms with Gasteiger partial charge in [-0.3, -0.25) is 19.7 Å². The molecule has 0 fully saturated rings. The van der Waals surface area contributed by atoms with Gasteiger partial charge in [0.25, 0.3) is 17.5 Å². The zero-order valence-electron chi connectivity index (χ0n) is 13.9. The average molecular weight is 407 g/mol. The number of hydrogen-bond acceptors (Lipinski definition) is 5. The van der Waals surface area contributed by atoms with Gasteiger partial charge in [-0.25, -0.2) is 0 Å². The quantitative estimate of drug-likeness (QED) is 0.619. The summed E-state index contributed by atoms with van der Waals surface area (Å²) in [6.45, 7) is 1.70. The summed E-state index contributed by atoms with van der Waals surface area (Å²) in [7, 11) is 0. The Morgan fingerprint density at radius 3 is 2.74 bits per heavy atom. The molecule has 0 saturated heterocycles. The first kappa shape index (κ1) is 18.8. The Kier molecular flexibility index (Phi) is 5.11. The number of non-ortho nitro benzene ring substituents is 1. The fraction of sp³-hybridized carbons (Fsp3) is 0.118. The molecule has 8 nitrogen and oxygen atoms in total. The van der Waals surface area contributed by atoms with Gasteiger partial charge >= 0.3 is 0 Å². The third-order valence-electron chi connectivity index (χ3n) is 3.89. The van der Waals surface area contributed by atoms with Gasteiger partial charge in [0.15, 0.2) is 0 Å². The Labute approximate surface area is 163 Å². The largest absolute Gasteiger partial charge is 0.308 e. The van der Waals surface area contributed by atoms with Gasteiger partial charge in [-0.15, -0.1) is 0 Å². The highest BCUT2D eigenvalue weighted by Gasteiger charge is 2.28. The summed E-state index contributed by atoms with van der Waals surface area (Å²) in [5.74, 6) is -0.828. The van der Waals surface area contributed by atoms with Crippen molar-refractivity contribution in [1.29, 1.82) is 0 Å². The van der Waals surface area contributed by atoms with E-state index in [2.05, 4.69) is 10.4 Å². The Hall–Kier alpha value is -2.97. The number of carbonyl (C=O) groups excluding carboxylic acids is 2. The number of anilines is 1. The van der Waals surface area contributed by atoms with Crippen LogP contribution >= 0.6 is 23.2 Å². The van der Waals surface area contributed by atoms with Crippen molar-refractivity contribution in [2.45, 2.75) is 13.3 Å². The van der Waals surface area contributed by atoms with Crippen LogP contribution in [0.25, 0.3) is 0 Å². The molecule has 2 aromatic rings. The number of nitro groups is 1. The summed E-state index contributed by atoms with van der Waals surface area (Å²) < 4.78 is 0. The lowest BCUT2D eigenvalue weighted by Gasteiger charge is -2.15. The maximum atomic E-state index is 12.3. The molecule has 2 aromatic carbocycles. The third kappa shape index (κ3) is 3.76.